The number of aliphatic hydroxyl groups excluding tert-OH is 1. The number of hydrogen-bond acceptors (Lipinski definition) is 5. The summed E-state index contributed by atoms with van der Waals surface area (Å²) in [6.07, 6.45) is 10.3. The highest BCUT2D eigenvalue weighted by molar-refractivity contribution is 6.30. The zero-order chi connectivity index (χ0) is 35.7. The summed E-state index contributed by atoms with van der Waals surface area (Å²) in [7, 11) is 1.84. The molecule has 3 atom stereocenters. The number of benzene rings is 1. The lowest BCUT2D eigenvalue weighted by Gasteiger charge is -2.32. The van der Waals surface area contributed by atoms with Crippen molar-refractivity contribution >= 4 is 24.0 Å². The van der Waals surface area contributed by atoms with E-state index in [4.69, 9.17) is 21.8 Å². The zero-order valence-electron chi connectivity index (χ0n) is 28.1. The fourth-order valence-electron chi connectivity index (χ4n) is 4.55. The number of carbonyl (C=O) groups excluding carboxylic acids is 1. The van der Waals surface area contributed by atoms with Crippen LogP contribution in [0.25, 0.3) is 6.08 Å². The number of alkyl halides is 3. The van der Waals surface area contributed by atoms with Crippen LogP contribution in [0.3, 0.4) is 0 Å². The Morgan fingerprint density at radius 3 is 2.28 bits per heavy atom. The Bertz CT molecular complexity index is 1250. The molecule has 9 heteroatoms. The highest BCUT2D eigenvalue weighted by Gasteiger charge is 2.32. The Labute approximate surface area is 279 Å². The van der Waals surface area contributed by atoms with Gasteiger partial charge in [0, 0.05) is 23.9 Å². The maximum absolute atomic E-state index is 13.1. The molecule has 3 unspecified atom stereocenters. The van der Waals surface area contributed by atoms with Gasteiger partial charge in [-0.05, 0) is 73.7 Å². The predicted octanol–water partition coefficient (Wildman–Crippen LogP) is 7.85. The van der Waals surface area contributed by atoms with Crippen LogP contribution in [0.2, 0.25) is 0 Å². The van der Waals surface area contributed by atoms with Gasteiger partial charge in [0.2, 0.25) is 0 Å². The van der Waals surface area contributed by atoms with Gasteiger partial charge in [-0.25, -0.2) is 0 Å². The van der Waals surface area contributed by atoms with Gasteiger partial charge in [0.15, 0.2) is 6.29 Å². The molecule has 0 spiro atoms. The van der Waals surface area contributed by atoms with Crippen molar-refractivity contribution < 1.29 is 28.2 Å². The van der Waals surface area contributed by atoms with Crippen LogP contribution in [0.4, 0.5) is 13.2 Å². The smallest absolute Gasteiger partial charge is 0.368 e. The summed E-state index contributed by atoms with van der Waals surface area (Å²) >= 11 is 5.91. The molecule has 1 heterocycles. The molecule has 0 bridgehead atoms. The molecule has 1 aromatic carbocycles. The molecule has 0 saturated heterocycles. The van der Waals surface area contributed by atoms with Gasteiger partial charge < -0.3 is 20.3 Å². The molecule has 0 amide bonds. The summed E-state index contributed by atoms with van der Waals surface area (Å²) in [5.74, 6) is -0.152. The van der Waals surface area contributed by atoms with Crippen molar-refractivity contribution in [2.24, 2.45) is 22.7 Å². The second-order valence-electron chi connectivity index (χ2n) is 10.5. The van der Waals surface area contributed by atoms with Crippen LogP contribution in [0.1, 0.15) is 65.4 Å². The predicted molar refractivity (Wildman–Crippen MR) is 188 cm³/mol. The molecule has 0 aromatic heterocycles. The van der Waals surface area contributed by atoms with Crippen molar-refractivity contribution in [3.8, 4) is 0 Å². The lowest BCUT2D eigenvalue weighted by atomic mass is 9.73. The second kappa shape index (κ2) is 26.1. The zero-order valence-corrected chi connectivity index (χ0v) is 28.9. The molecule has 2 rings (SSSR count). The molecule has 0 saturated carbocycles. The molecule has 0 fully saturated rings. The third-order valence-electron chi connectivity index (χ3n) is 6.53. The molecule has 1 aromatic rings. The van der Waals surface area contributed by atoms with Crippen molar-refractivity contribution in [2.45, 2.75) is 72.3 Å². The molecule has 258 valence electrons. The number of hydrogen-bond donors (Lipinski definition) is 3. The lowest BCUT2D eigenvalue weighted by molar-refractivity contribution is -0.137. The van der Waals surface area contributed by atoms with E-state index in [1.165, 1.54) is 12.5 Å². The lowest BCUT2D eigenvalue weighted by Crippen LogP contribution is -2.36. The van der Waals surface area contributed by atoms with E-state index in [2.05, 4.69) is 63.5 Å². The number of fused-ring (bicyclic) bond motifs is 1. The third-order valence-corrected chi connectivity index (χ3v) is 6.65. The Hall–Kier alpha value is -3.04. The molecular weight excluding hydrogens is 613 g/mol. The molecule has 5 nitrogen and oxygen atoms in total. The maximum atomic E-state index is 13.1. The van der Waals surface area contributed by atoms with E-state index in [1.54, 1.807) is 6.08 Å². The van der Waals surface area contributed by atoms with E-state index in [0.717, 1.165) is 49.0 Å². The number of allylic oxidation sites excluding steroid dienone is 8. The highest BCUT2D eigenvalue weighted by Crippen LogP contribution is 2.36. The van der Waals surface area contributed by atoms with Crippen LogP contribution < -0.4 is 15.9 Å². The molecule has 1 aliphatic rings. The Balaban J connectivity index is 0. The molecule has 46 heavy (non-hydrogen) atoms. The number of aldehydes is 1. The van der Waals surface area contributed by atoms with Gasteiger partial charge in [0.1, 0.15) is 6.29 Å². The Morgan fingerprint density at radius 1 is 1.15 bits per heavy atom. The van der Waals surface area contributed by atoms with E-state index in [9.17, 15) is 18.0 Å². The van der Waals surface area contributed by atoms with Crippen LogP contribution in [0.5, 0.6) is 0 Å². The SMILES string of the molecule is C=C.C=C(Cl)/C=C\C(=C)C(C1C=c2ccc(C(F)(F)F)cc2=NC1)C(C)C(/C=C\CC=O)=C/CC.CCC.CNCCCC(O)O. The van der Waals surface area contributed by atoms with Crippen molar-refractivity contribution in [2.75, 3.05) is 20.1 Å². The summed E-state index contributed by atoms with van der Waals surface area (Å²) in [5, 5.41) is 20.9. The normalized spacial score (nSPS) is 15.5. The number of nitrogens with one attached hydrogen (secondary N) is 1. The number of halogens is 4. The van der Waals surface area contributed by atoms with E-state index in [-0.39, 0.29) is 17.8 Å². The van der Waals surface area contributed by atoms with E-state index in [1.807, 2.05) is 38.3 Å². The minimum atomic E-state index is -4.41. The van der Waals surface area contributed by atoms with Crippen molar-refractivity contribution in [1.29, 1.82) is 0 Å². The Morgan fingerprint density at radius 2 is 1.78 bits per heavy atom. The highest BCUT2D eigenvalue weighted by atomic mass is 35.5. The average molecular weight is 667 g/mol. The first-order valence-corrected chi connectivity index (χ1v) is 15.9. The monoisotopic (exact) mass is 666 g/mol. The molecule has 0 aliphatic carbocycles. The molecule has 1 aliphatic heterocycles. The summed E-state index contributed by atoms with van der Waals surface area (Å²) < 4.78 is 39.3. The first kappa shape index (κ1) is 45.1. The van der Waals surface area contributed by atoms with Crippen LogP contribution in [0.15, 0.2) is 96.1 Å². The molecule has 3 N–H and O–H groups in total. The summed E-state index contributed by atoms with van der Waals surface area (Å²) in [5.41, 5.74) is 1.18. The van der Waals surface area contributed by atoms with Gasteiger partial charge in [-0.2, -0.15) is 13.2 Å². The van der Waals surface area contributed by atoms with Crippen molar-refractivity contribution in [1.82, 2.24) is 5.32 Å². The van der Waals surface area contributed by atoms with Crippen LogP contribution in [-0.2, 0) is 11.0 Å². The fourth-order valence-corrected chi connectivity index (χ4v) is 4.61. The second-order valence-corrected chi connectivity index (χ2v) is 10.9. The van der Waals surface area contributed by atoms with E-state index >= 15 is 0 Å². The number of rotatable bonds is 14. The van der Waals surface area contributed by atoms with Gasteiger partial charge in [-0.1, -0.05) is 101 Å². The average Bonchev–Trinajstić information content (AvgIpc) is 3.00. The van der Waals surface area contributed by atoms with Gasteiger partial charge >= 0.3 is 6.18 Å². The maximum Gasteiger partial charge on any atom is 0.416 e. The van der Waals surface area contributed by atoms with Crippen LogP contribution in [0, 0.1) is 17.8 Å². The van der Waals surface area contributed by atoms with Gasteiger partial charge in [-0.15, -0.1) is 13.2 Å². The minimum absolute atomic E-state index is 0.0149. The van der Waals surface area contributed by atoms with E-state index in [0.29, 0.717) is 35.0 Å². The first-order chi connectivity index (χ1) is 21.8. The molecule has 0 radical (unpaired) electrons. The molecular formula is C37H54ClF3N2O3. The standard InChI is InChI=1S/C27H29ClF3NO.C5H13NO2.C3H8.C2H4/c1-5-8-21(9-6-7-14-33)20(4)26(18(2)10-11-19(3)28)23-15-22-12-13-24(27(29,30)31)16-25(22)32-17-23;1-6-4-2-3-5(7)8;1-3-2;1-2/h6,8-16,20,23,26H,2-3,5,7,17H2,1,4H3;5-8H,2-4H2,1H3;3H2,1-2H3;1-2H2/b9-6-,11-10-,21-8+;;;. The van der Waals surface area contributed by atoms with E-state index < -0.39 is 18.0 Å². The number of nitrogens with zero attached hydrogens (tertiary/aromatic N) is 1. The van der Waals surface area contributed by atoms with Crippen molar-refractivity contribution in [3.63, 3.8) is 0 Å². The minimum Gasteiger partial charge on any atom is -0.368 e. The topological polar surface area (TPSA) is 81.9 Å². The van der Waals surface area contributed by atoms with Crippen LogP contribution >= 0.6 is 11.6 Å². The summed E-state index contributed by atoms with van der Waals surface area (Å²) in [6.45, 7) is 23.5. The first-order valence-electron chi connectivity index (χ1n) is 15.5. The quantitative estimate of drug-likeness (QED) is 0.0621. The van der Waals surface area contributed by atoms with Gasteiger partial charge in [-0.3, -0.25) is 4.99 Å². The fraction of sp³-hybridized carbons (Fsp3) is 0.459. The third kappa shape index (κ3) is 18.8. The summed E-state index contributed by atoms with van der Waals surface area (Å²) in [6, 6.07) is 3.65. The van der Waals surface area contributed by atoms with Gasteiger partial charge in [0.25, 0.3) is 0 Å². The summed E-state index contributed by atoms with van der Waals surface area (Å²) in [4.78, 5) is 15.2. The Kier molecular flexibility index (Phi) is 25.6. The largest absolute Gasteiger partial charge is 0.416 e. The van der Waals surface area contributed by atoms with Crippen LogP contribution in [-0.4, -0.2) is 42.9 Å². The van der Waals surface area contributed by atoms with Gasteiger partial charge in [0.05, 0.1) is 10.9 Å². The number of aliphatic hydroxyl groups is 2. The number of carbonyl (C=O) groups is 1. The van der Waals surface area contributed by atoms with Crippen molar-refractivity contribution in [3.05, 3.63) is 107 Å².